The Bertz CT molecular complexity index is 697. The second-order valence-electron chi connectivity index (χ2n) is 15.3. The Morgan fingerprint density at radius 2 is 0.931 bits per heavy atom. The maximum Gasteiger partial charge on any atom is 0.00921 e. The van der Waals surface area contributed by atoms with Gasteiger partial charge in [-0.2, -0.15) is 16.4 Å². The normalized spacial score (nSPS) is 63.6. The van der Waals surface area contributed by atoms with E-state index in [1.807, 2.05) is 0 Å². The largest absolute Gasteiger partial charge is 0.260 e. The van der Waals surface area contributed by atoms with Gasteiger partial charge in [0.1, 0.15) is 0 Å². The van der Waals surface area contributed by atoms with E-state index in [0.717, 1.165) is 9.32 Å². The molecule has 0 unspecified atom stereocenters. The summed E-state index contributed by atoms with van der Waals surface area (Å²) in [4.78, 5) is 0. The maximum atomic E-state index is 3.00. The summed E-state index contributed by atoms with van der Waals surface area (Å²) in [6, 6.07) is 0. The van der Waals surface area contributed by atoms with Crippen LogP contribution >= 0.6 is 0 Å². The first kappa shape index (κ1) is 18.1. The summed E-state index contributed by atoms with van der Waals surface area (Å²) in [5.41, 5.74) is 0. The maximum absolute atomic E-state index is 3.00. The lowest BCUT2D eigenvalue weighted by atomic mass is 9.54. The van der Waals surface area contributed by atoms with Crippen molar-refractivity contribution < 1.29 is 0 Å². The predicted molar refractivity (Wildman–Crippen MR) is 128 cm³/mol. The zero-order valence-corrected chi connectivity index (χ0v) is 22.7. The molecule has 8 aliphatic carbocycles. The van der Waals surface area contributed by atoms with Gasteiger partial charge in [0.25, 0.3) is 0 Å². The fourth-order valence-electron chi connectivity index (χ4n) is 13.3. The van der Waals surface area contributed by atoms with E-state index < -0.39 is 14.7 Å². The van der Waals surface area contributed by atoms with Gasteiger partial charge in [-0.3, -0.25) is 8.31 Å². The van der Waals surface area contributed by atoms with Gasteiger partial charge in [-0.1, -0.05) is 109 Å². The average Bonchev–Trinajstić information content (AvgIpc) is 3.45. The average molecular weight is 440 g/mol. The van der Waals surface area contributed by atoms with Crippen LogP contribution in [0, 0.1) is 47.3 Å². The molecular formula is C26H43Si3-. The van der Waals surface area contributed by atoms with E-state index in [1.54, 1.807) is 64.2 Å². The monoisotopic (exact) mass is 439 g/mol. The molecule has 2 heterocycles. The van der Waals surface area contributed by atoms with Crippen LogP contribution in [-0.4, -0.2) is 23.0 Å². The molecule has 2 aliphatic heterocycles. The van der Waals surface area contributed by atoms with Crippen molar-refractivity contribution in [2.24, 2.45) is 47.3 Å². The fraction of sp³-hybridized carbons (Fsp3) is 1.00. The van der Waals surface area contributed by atoms with Gasteiger partial charge in [-0.25, -0.2) is 0 Å². The standard InChI is InChI=1S/C26H43Si3/c1-24(2,3)28(4,5)29-25(20-8-16-6-17(10-20)11-21(25)9-16)27(29)26(29)22-12-18-7-19(14-22)15-23(26)13-18/h16-23H,6-15H2,1-5H3/q-1. The van der Waals surface area contributed by atoms with Crippen LogP contribution in [-0.2, 0) is 0 Å². The second kappa shape index (κ2) is 4.79. The molecule has 10 aliphatic rings. The summed E-state index contributed by atoms with van der Waals surface area (Å²) in [7, 11) is -2.28. The molecule has 0 aromatic heterocycles. The Morgan fingerprint density at radius 1 is 0.621 bits per heavy atom. The molecule has 0 amide bonds. The summed E-state index contributed by atoms with van der Waals surface area (Å²) in [6.45, 7) is 14.2. The smallest absolute Gasteiger partial charge is 0.00921 e. The molecule has 8 bridgehead atoms. The molecule has 0 N–H and O–H groups in total. The van der Waals surface area contributed by atoms with Gasteiger partial charge >= 0.3 is 0 Å². The summed E-state index contributed by atoms with van der Waals surface area (Å²) in [6.07, 6.45) is 17.1. The van der Waals surface area contributed by atoms with Crippen molar-refractivity contribution >= 4 is 23.0 Å². The molecule has 0 radical (unpaired) electrons. The zero-order chi connectivity index (χ0) is 19.8. The molecule has 10 fully saturated rings. The summed E-state index contributed by atoms with van der Waals surface area (Å²) < 4.78 is 2.23. The van der Waals surface area contributed by atoms with Gasteiger partial charge in [-0.15, -0.1) is 0 Å². The molecule has 0 aromatic carbocycles. The molecule has 8 saturated carbocycles. The minimum Gasteiger partial charge on any atom is -0.260 e. The number of hydrogen-bond donors (Lipinski definition) is 0. The van der Waals surface area contributed by atoms with E-state index in [9.17, 15) is 0 Å². The Labute approximate surface area is 182 Å². The van der Waals surface area contributed by atoms with E-state index in [4.69, 9.17) is 0 Å². The fourth-order valence-corrected chi connectivity index (χ4v) is 77.1. The van der Waals surface area contributed by atoms with Crippen LogP contribution in [0.15, 0.2) is 0 Å². The van der Waals surface area contributed by atoms with Gasteiger partial charge in [-0.05, 0) is 41.6 Å². The number of fused-ring (bicyclic) bond motifs is 1. The first-order valence-corrected chi connectivity index (χ1v) is 22.1. The van der Waals surface area contributed by atoms with Crippen LogP contribution < -0.4 is 0 Å². The molecule has 29 heavy (non-hydrogen) atoms. The van der Waals surface area contributed by atoms with Crippen LogP contribution in [0.4, 0.5) is 0 Å². The lowest BCUT2D eigenvalue weighted by molar-refractivity contribution is -0.0213. The molecular weight excluding hydrogens is 397 g/mol. The summed E-state index contributed by atoms with van der Waals surface area (Å²) in [5, 5.41) is 0.658. The van der Waals surface area contributed by atoms with Gasteiger partial charge in [0.2, 0.25) is 0 Å². The van der Waals surface area contributed by atoms with E-state index in [-0.39, 0.29) is 8.31 Å². The third-order valence-corrected chi connectivity index (χ3v) is 56.0. The second-order valence-corrected chi connectivity index (χ2v) is 37.9. The molecule has 0 atom stereocenters. The molecule has 3 heteroatoms. The van der Waals surface area contributed by atoms with Crippen LogP contribution in [0.2, 0.25) is 27.5 Å². The van der Waals surface area contributed by atoms with Crippen molar-refractivity contribution in [3.63, 3.8) is 0 Å². The third kappa shape index (κ3) is 1.55. The Morgan fingerprint density at radius 3 is 1.21 bits per heavy atom. The minimum atomic E-state index is -1.20. The molecule has 0 aromatic rings. The molecule has 10 rings (SSSR count). The highest BCUT2D eigenvalue weighted by Crippen LogP contribution is 3.05. The first-order valence-electron chi connectivity index (χ1n) is 13.6. The van der Waals surface area contributed by atoms with Crippen molar-refractivity contribution in [3.8, 4) is 0 Å². The molecule has 2 saturated heterocycles. The van der Waals surface area contributed by atoms with E-state index in [0.29, 0.717) is 5.04 Å². The highest BCUT2D eigenvalue weighted by molar-refractivity contribution is 7.93. The first-order chi connectivity index (χ1) is 13.7. The number of hydrogen-bond acceptors (Lipinski definition) is 0. The van der Waals surface area contributed by atoms with Gasteiger partial charge in [0.05, 0.1) is 0 Å². The lowest BCUT2D eigenvalue weighted by Crippen LogP contribution is -2.66. The quantitative estimate of drug-likeness (QED) is 0.382. The van der Waals surface area contributed by atoms with Crippen molar-refractivity contribution in [1.82, 2.24) is 0 Å². The van der Waals surface area contributed by atoms with Gasteiger partial charge < -0.3 is 0 Å². The third-order valence-electron chi connectivity index (χ3n) is 14.0. The summed E-state index contributed by atoms with van der Waals surface area (Å²) in [5.74, 6) is 9.84. The van der Waals surface area contributed by atoms with Crippen LogP contribution in [0.3, 0.4) is 0 Å². The lowest BCUT2D eigenvalue weighted by Gasteiger charge is -2.77. The van der Waals surface area contributed by atoms with Crippen molar-refractivity contribution in [1.29, 1.82) is 0 Å². The SMILES string of the molecule is CC(C)(C)[Si](C)(C)[Si]12[Si-](C13C1CC4CC(C1)CC3C4)C21C2CC3CC(C2)CC1C3. The highest BCUT2D eigenvalue weighted by Gasteiger charge is 2.96. The Kier molecular flexibility index (Phi) is 2.99. The van der Waals surface area contributed by atoms with Crippen LogP contribution in [0.1, 0.15) is 85.0 Å². The van der Waals surface area contributed by atoms with Gasteiger partial charge in [0.15, 0.2) is 0 Å². The zero-order valence-electron chi connectivity index (χ0n) is 19.7. The van der Waals surface area contributed by atoms with Crippen molar-refractivity contribution in [2.45, 2.75) is 112 Å². The molecule has 0 nitrogen and oxygen atoms in total. The van der Waals surface area contributed by atoms with Crippen molar-refractivity contribution in [3.05, 3.63) is 0 Å². The minimum absolute atomic E-state index is 0.00111. The predicted octanol–water partition coefficient (Wildman–Crippen LogP) is 7.09. The number of rotatable bonds is 1. The summed E-state index contributed by atoms with van der Waals surface area (Å²) >= 11 is 0. The molecule has 160 valence electrons. The molecule has 2 spiro atoms. The van der Waals surface area contributed by atoms with Crippen LogP contribution in [0.5, 0.6) is 0 Å². The van der Waals surface area contributed by atoms with Crippen molar-refractivity contribution in [2.75, 3.05) is 0 Å². The Balaban J connectivity index is 1.31. The Hall–Kier alpha value is 0.651. The highest BCUT2D eigenvalue weighted by atomic mass is 29.7. The topological polar surface area (TPSA) is 0 Å². The van der Waals surface area contributed by atoms with Crippen LogP contribution in [0.25, 0.3) is 0 Å². The van der Waals surface area contributed by atoms with Gasteiger partial charge in [0, 0.05) is 7.59 Å². The van der Waals surface area contributed by atoms with E-state index in [1.165, 1.54) is 47.3 Å². The van der Waals surface area contributed by atoms with E-state index in [2.05, 4.69) is 33.9 Å². The van der Waals surface area contributed by atoms with E-state index >= 15 is 0 Å².